The zero-order chi connectivity index (χ0) is 16.8. The van der Waals surface area contributed by atoms with Crippen LogP contribution in [0.25, 0.3) is 0 Å². The Morgan fingerprint density at radius 2 is 1.43 bits per heavy atom. The molecule has 0 spiro atoms. The lowest BCUT2D eigenvalue weighted by molar-refractivity contribution is -0.137. The number of carboxylic acid groups (broad SMARTS) is 1. The Kier molecular flexibility index (Phi) is 11.9. The number of hydrogen-bond acceptors (Lipinski definition) is 2. The molecule has 23 heavy (non-hydrogen) atoms. The van der Waals surface area contributed by atoms with Crippen LogP contribution in [0.4, 0.5) is 0 Å². The first kappa shape index (κ1) is 20.2. The average Bonchev–Trinajstić information content (AvgIpc) is 3.29. The van der Waals surface area contributed by atoms with Crippen LogP contribution in [0, 0.1) is 0 Å². The summed E-state index contributed by atoms with van der Waals surface area (Å²) in [5, 5.41) is 8.52. The van der Waals surface area contributed by atoms with Gasteiger partial charge in [-0.15, -0.1) is 0 Å². The maximum absolute atomic E-state index is 10.3. The molecule has 134 valence electrons. The van der Waals surface area contributed by atoms with Gasteiger partial charge in [-0.05, 0) is 38.5 Å². The Morgan fingerprint density at radius 1 is 0.870 bits per heavy atom. The molecule has 2 unspecified atom stereocenters. The van der Waals surface area contributed by atoms with E-state index in [2.05, 4.69) is 19.1 Å². The third-order valence-corrected chi connectivity index (χ3v) is 4.63. The number of rotatable bonds is 16. The van der Waals surface area contributed by atoms with Gasteiger partial charge in [0.25, 0.3) is 0 Å². The SMILES string of the molecule is CCC1OC1CCCCCCCCCC/C=C\CCCC(=O)O. The van der Waals surface area contributed by atoms with E-state index >= 15 is 0 Å². The van der Waals surface area contributed by atoms with Crippen LogP contribution in [-0.2, 0) is 9.53 Å². The van der Waals surface area contributed by atoms with E-state index < -0.39 is 5.97 Å². The van der Waals surface area contributed by atoms with Crippen molar-refractivity contribution in [3.8, 4) is 0 Å². The summed E-state index contributed by atoms with van der Waals surface area (Å²) < 4.78 is 5.56. The molecule has 3 heteroatoms. The van der Waals surface area contributed by atoms with Crippen LogP contribution in [0.5, 0.6) is 0 Å². The fraction of sp³-hybridized carbons (Fsp3) is 0.850. The quantitative estimate of drug-likeness (QED) is 0.219. The third kappa shape index (κ3) is 12.3. The zero-order valence-electron chi connectivity index (χ0n) is 15.0. The van der Waals surface area contributed by atoms with Crippen molar-refractivity contribution in [2.45, 2.75) is 109 Å². The number of allylic oxidation sites excluding steroid dienone is 2. The summed E-state index contributed by atoms with van der Waals surface area (Å²) in [5.74, 6) is -0.690. The topological polar surface area (TPSA) is 49.8 Å². The molecular formula is C20H36O3. The number of carbonyl (C=O) groups is 1. The molecule has 1 saturated heterocycles. The van der Waals surface area contributed by atoms with Gasteiger partial charge < -0.3 is 9.84 Å². The van der Waals surface area contributed by atoms with Crippen molar-refractivity contribution < 1.29 is 14.6 Å². The van der Waals surface area contributed by atoms with E-state index in [4.69, 9.17) is 9.84 Å². The predicted molar refractivity (Wildman–Crippen MR) is 95.7 cm³/mol. The highest BCUT2D eigenvalue weighted by molar-refractivity contribution is 5.66. The van der Waals surface area contributed by atoms with Crippen LogP contribution in [0.15, 0.2) is 12.2 Å². The smallest absolute Gasteiger partial charge is 0.303 e. The van der Waals surface area contributed by atoms with Crippen LogP contribution >= 0.6 is 0 Å². The molecule has 0 aromatic rings. The maximum Gasteiger partial charge on any atom is 0.303 e. The first-order valence-electron chi connectivity index (χ1n) is 9.76. The van der Waals surface area contributed by atoms with Crippen molar-refractivity contribution in [2.75, 3.05) is 0 Å². The molecule has 1 N–H and O–H groups in total. The summed E-state index contributed by atoms with van der Waals surface area (Å²) in [5.41, 5.74) is 0. The highest BCUT2D eigenvalue weighted by atomic mass is 16.6. The van der Waals surface area contributed by atoms with Gasteiger partial charge in [-0.3, -0.25) is 4.79 Å². The molecule has 3 nitrogen and oxygen atoms in total. The van der Waals surface area contributed by atoms with E-state index in [0.717, 1.165) is 19.3 Å². The number of epoxide rings is 1. The lowest BCUT2D eigenvalue weighted by Crippen LogP contribution is -1.92. The molecule has 0 amide bonds. The molecule has 1 aliphatic rings. The van der Waals surface area contributed by atoms with Gasteiger partial charge in [0, 0.05) is 6.42 Å². The number of unbranched alkanes of at least 4 members (excludes halogenated alkanes) is 9. The van der Waals surface area contributed by atoms with Gasteiger partial charge in [-0.2, -0.15) is 0 Å². The summed E-state index contributed by atoms with van der Waals surface area (Å²) >= 11 is 0. The second-order valence-electron chi connectivity index (χ2n) is 6.78. The Labute approximate surface area is 142 Å². The Hall–Kier alpha value is -0.830. The second kappa shape index (κ2) is 13.6. The van der Waals surface area contributed by atoms with E-state index in [9.17, 15) is 4.79 Å². The van der Waals surface area contributed by atoms with Crippen LogP contribution in [0.1, 0.15) is 96.8 Å². The van der Waals surface area contributed by atoms with E-state index in [1.807, 2.05) is 0 Å². The molecule has 1 aliphatic heterocycles. The van der Waals surface area contributed by atoms with Gasteiger partial charge in [0.05, 0.1) is 12.2 Å². The first-order valence-corrected chi connectivity index (χ1v) is 9.76. The number of ether oxygens (including phenoxy) is 1. The lowest BCUT2D eigenvalue weighted by Gasteiger charge is -2.01. The summed E-state index contributed by atoms with van der Waals surface area (Å²) in [6.45, 7) is 2.21. The predicted octanol–water partition coefficient (Wildman–Crippen LogP) is 5.88. The molecule has 0 radical (unpaired) electrons. The van der Waals surface area contributed by atoms with Crippen molar-refractivity contribution in [1.29, 1.82) is 0 Å². The van der Waals surface area contributed by atoms with Gasteiger partial charge in [0.2, 0.25) is 0 Å². The van der Waals surface area contributed by atoms with Crippen LogP contribution < -0.4 is 0 Å². The molecule has 0 aromatic heterocycles. The van der Waals surface area contributed by atoms with E-state index in [1.165, 1.54) is 64.2 Å². The third-order valence-electron chi connectivity index (χ3n) is 4.63. The summed E-state index contributed by atoms with van der Waals surface area (Å²) in [4.78, 5) is 10.3. The number of carboxylic acids is 1. The van der Waals surface area contributed by atoms with E-state index in [-0.39, 0.29) is 6.42 Å². The lowest BCUT2D eigenvalue weighted by atomic mass is 10.0. The monoisotopic (exact) mass is 324 g/mol. The molecule has 2 atom stereocenters. The minimum absolute atomic E-state index is 0.289. The molecule has 0 aromatic carbocycles. The molecule has 0 saturated carbocycles. The first-order chi connectivity index (χ1) is 11.2. The number of hydrogen-bond donors (Lipinski definition) is 1. The van der Waals surface area contributed by atoms with Gasteiger partial charge in [0.15, 0.2) is 0 Å². The van der Waals surface area contributed by atoms with Crippen molar-refractivity contribution in [3.05, 3.63) is 12.2 Å². The highest BCUT2D eigenvalue weighted by Crippen LogP contribution is 2.29. The average molecular weight is 325 g/mol. The van der Waals surface area contributed by atoms with Crippen LogP contribution in [0.3, 0.4) is 0 Å². The van der Waals surface area contributed by atoms with Crippen molar-refractivity contribution in [1.82, 2.24) is 0 Å². The minimum Gasteiger partial charge on any atom is -0.481 e. The molecule has 1 fully saturated rings. The Bertz CT molecular complexity index is 325. The molecule has 0 bridgehead atoms. The summed E-state index contributed by atoms with van der Waals surface area (Å²) in [6.07, 6.45) is 21.9. The largest absolute Gasteiger partial charge is 0.481 e. The van der Waals surface area contributed by atoms with E-state index in [1.54, 1.807) is 0 Å². The molecule has 1 heterocycles. The fourth-order valence-electron chi connectivity index (χ4n) is 3.07. The van der Waals surface area contributed by atoms with Crippen LogP contribution in [-0.4, -0.2) is 23.3 Å². The van der Waals surface area contributed by atoms with Crippen molar-refractivity contribution in [2.24, 2.45) is 0 Å². The van der Waals surface area contributed by atoms with Crippen molar-refractivity contribution in [3.63, 3.8) is 0 Å². The molecule has 1 rings (SSSR count). The standard InChI is InChI=1S/C20H36O3/c1-2-18-19(23-18)16-14-12-10-8-6-4-3-5-7-9-11-13-15-17-20(21)22/h9,11,18-19H,2-8,10,12-17H2,1H3,(H,21,22)/b11-9-. The highest BCUT2D eigenvalue weighted by Gasteiger charge is 2.35. The maximum atomic E-state index is 10.3. The molecular weight excluding hydrogens is 288 g/mol. The Morgan fingerprint density at radius 3 is 2.00 bits per heavy atom. The summed E-state index contributed by atoms with van der Waals surface area (Å²) in [6, 6.07) is 0. The zero-order valence-corrected chi connectivity index (χ0v) is 15.0. The fourth-order valence-corrected chi connectivity index (χ4v) is 3.07. The molecule has 0 aliphatic carbocycles. The Balaban J connectivity index is 1.70. The summed E-state index contributed by atoms with van der Waals surface area (Å²) in [7, 11) is 0. The second-order valence-corrected chi connectivity index (χ2v) is 6.78. The van der Waals surface area contributed by atoms with Gasteiger partial charge in [0.1, 0.15) is 0 Å². The van der Waals surface area contributed by atoms with Gasteiger partial charge in [-0.25, -0.2) is 0 Å². The van der Waals surface area contributed by atoms with Crippen LogP contribution in [0.2, 0.25) is 0 Å². The number of aliphatic carboxylic acids is 1. The normalized spacial score (nSPS) is 20.2. The van der Waals surface area contributed by atoms with Crippen molar-refractivity contribution >= 4 is 5.97 Å². The minimum atomic E-state index is -0.690. The van der Waals surface area contributed by atoms with E-state index in [0.29, 0.717) is 12.2 Å². The van der Waals surface area contributed by atoms with Gasteiger partial charge >= 0.3 is 5.97 Å². The van der Waals surface area contributed by atoms with Gasteiger partial charge in [-0.1, -0.05) is 64.0 Å².